The Morgan fingerprint density at radius 3 is 2.41 bits per heavy atom. The fourth-order valence-electron chi connectivity index (χ4n) is 2.37. The molecule has 0 spiro atoms. The number of alkyl carbamates (subject to hydrolysis) is 1. The molecule has 0 aliphatic carbocycles. The van der Waals surface area contributed by atoms with Crippen molar-refractivity contribution in [1.29, 1.82) is 0 Å². The molecule has 0 aromatic heterocycles. The Balaban J connectivity index is 2.75. The van der Waals surface area contributed by atoms with Gasteiger partial charge in [0.25, 0.3) is 0 Å². The lowest BCUT2D eigenvalue weighted by Crippen LogP contribution is -2.53. The summed E-state index contributed by atoms with van der Waals surface area (Å²) in [5, 5.41) is 2.53. The summed E-state index contributed by atoms with van der Waals surface area (Å²) in [6.07, 6.45) is 0.0333. The number of carbonyl (C=O) groups excluding carboxylic acids is 3. The highest BCUT2D eigenvalue weighted by Crippen LogP contribution is 2.18. The van der Waals surface area contributed by atoms with E-state index >= 15 is 0 Å². The number of ether oxygens (including phenoxy) is 1. The maximum absolute atomic E-state index is 12.5. The number of amides is 3. The Labute approximate surface area is 130 Å². The van der Waals surface area contributed by atoms with E-state index in [1.165, 1.54) is 4.90 Å². The van der Waals surface area contributed by atoms with Gasteiger partial charge >= 0.3 is 6.09 Å². The molecule has 1 fully saturated rings. The Morgan fingerprint density at radius 2 is 1.95 bits per heavy atom. The van der Waals surface area contributed by atoms with Gasteiger partial charge in [-0.3, -0.25) is 9.59 Å². The number of nitrogens with zero attached hydrogens (tertiary/aromatic N) is 1. The van der Waals surface area contributed by atoms with E-state index < -0.39 is 29.7 Å². The molecule has 0 radical (unpaired) electrons. The smallest absolute Gasteiger partial charge is 0.408 e. The molecule has 0 bridgehead atoms. The van der Waals surface area contributed by atoms with Crippen molar-refractivity contribution in [3.63, 3.8) is 0 Å². The Kier molecular flexibility index (Phi) is 5.76. The third-order valence-electron chi connectivity index (χ3n) is 3.34. The van der Waals surface area contributed by atoms with E-state index in [1.54, 1.807) is 27.7 Å². The topological polar surface area (TPSA) is 128 Å². The second-order valence-corrected chi connectivity index (χ2v) is 6.51. The van der Waals surface area contributed by atoms with Crippen LogP contribution in [0.4, 0.5) is 4.79 Å². The quantitative estimate of drug-likeness (QED) is 0.656. The summed E-state index contributed by atoms with van der Waals surface area (Å²) in [5.41, 5.74) is 10.5. The summed E-state index contributed by atoms with van der Waals surface area (Å²) >= 11 is 0. The van der Waals surface area contributed by atoms with Crippen molar-refractivity contribution in [2.24, 2.45) is 11.5 Å². The molecule has 126 valence electrons. The van der Waals surface area contributed by atoms with Crippen LogP contribution in [-0.4, -0.2) is 53.1 Å². The van der Waals surface area contributed by atoms with Crippen LogP contribution >= 0.6 is 0 Å². The lowest BCUT2D eigenvalue weighted by atomic mass is 10.1. The van der Waals surface area contributed by atoms with Gasteiger partial charge in [0.15, 0.2) is 0 Å². The van der Waals surface area contributed by atoms with Gasteiger partial charge in [0.2, 0.25) is 11.8 Å². The molecule has 8 nitrogen and oxygen atoms in total. The lowest BCUT2D eigenvalue weighted by molar-refractivity contribution is -0.139. The molecule has 1 heterocycles. The fraction of sp³-hybridized carbons (Fsp3) is 0.786. The van der Waals surface area contributed by atoms with Crippen LogP contribution in [0.3, 0.4) is 0 Å². The van der Waals surface area contributed by atoms with Crippen LogP contribution in [0, 0.1) is 0 Å². The first-order valence-corrected chi connectivity index (χ1v) is 7.40. The Hall–Kier alpha value is -1.83. The maximum Gasteiger partial charge on any atom is 0.408 e. The highest BCUT2D eigenvalue weighted by Gasteiger charge is 2.39. The van der Waals surface area contributed by atoms with E-state index in [-0.39, 0.29) is 18.5 Å². The number of rotatable bonds is 4. The normalized spacial score (nSPS) is 23.0. The van der Waals surface area contributed by atoms with E-state index in [0.29, 0.717) is 12.8 Å². The van der Waals surface area contributed by atoms with Gasteiger partial charge < -0.3 is 26.4 Å². The lowest BCUT2D eigenvalue weighted by Gasteiger charge is -2.28. The van der Waals surface area contributed by atoms with Crippen molar-refractivity contribution in [2.75, 3.05) is 6.54 Å². The molecule has 3 atom stereocenters. The third kappa shape index (κ3) is 4.87. The van der Waals surface area contributed by atoms with E-state index in [0.717, 1.165) is 0 Å². The average molecular weight is 314 g/mol. The zero-order valence-electron chi connectivity index (χ0n) is 13.6. The van der Waals surface area contributed by atoms with E-state index in [9.17, 15) is 14.4 Å². The fourth-order valence-corrected chi connectivity index (χ4v) is 2.37. The van der Waals surface area contributed by atoms with Crippen LogP contribution in [0.15, 0.2) is 0 Å². The number of primary amides is 1. The van der Waals surface area contributed by atoms with Gasteiger partial charge in [-0.2, -0.15) is 0 Å². The predicted octanol–water partition coefficient (Wildman–Crippen LogP) is -0.297. The van der Waals surface area contributed by atoms with E-state index in [1.807, 2.05) is 0 Å². The summed E-state index contributed by atoms with van der Waals surface area (Å²) < 4.78 is 5.14. The maximum atomic E-state index is 12.5. The Morgan fingerprint density at radius 1 is 1.36 bits per heavy atom. The minimum absolute atomic E-state index is 0.249. The van der Waals surface area contributed by atoms with Gasteiger partial charge in [0.05, 0.1) is 0 Å². The van der Waals surface area contributed by atoms with Crippen LogP contribution in [0.2, 0.25) is 0 Å². The van der Waals surface area contributed by atoms with Crippen molar-refractivity contribution in [3.8, 4) is 0 Å². The summed E-state index contributed by atoms with van der Waals surface area (Å²) in [7, 11) is 0. The third-order valence-corrected chi connectivity index (χ3v) is 3.34. The molecular formula is C14H26N4O4. The van der Waals surface area contributed by atoms with Gasteiger partial charge in [-0.25, -0.2) is 4.79 Å². The van der Waals surface area contributed by atoms with Crippen molar-refractivity contribution >= 4 is 17.9 Å². The number of nitrogens with one attached hydrogen (secondary N) is 1. The summed E-state index contributed by atoms with van der Waals surface area (Å²) in [4.78, 5) is 37.1. The van der Waals surface area contributed by atoms with Crippen LogP contribution in [0.1, 0.15) is 40.5 Å². The van der Waals surface area contributed by atoms with Gasteiger partial charge in [-0.15, -0.1) is 0 Å². The van der Waals surface area contributed by atoms with Crippen LogP contribution < -0.4 is 16.8 Å². The zero-order chi connectivity index (χ0) is 17.1. The molecule has 1 saturated heterocycles. The van der Waals surface area contributed by atoms with Crippen LogP contribution in [0.25, 0.3) is 0 Å². The first-order valence-electron chi connectivity index (χ1n) is 7.40. The minimum atomic E-state index is -0.776. The highest BCUT2D eigenvalue weighted by molar-refractivity contribution is 5.91. The van der Waals surface area contributed by atoms with Gasteiger partial charge in [0.1, 0.15) is 17.7 Å². The largest absolute Gasteiger partial charge is 0.444 e. The van der Waals surface area contributed by atoms with Crippen molar-refractivity contribution in [3.05, 3.63) is 0 Å². The number of nitrogens with two attached hydrogens (primary N) is 2. The molecule has 8 heteroatoms. The molecule has 1 aliphatic heterocycles. The van der Waals surface area contributed by atoms with Gasteiger partial charge in [-0.1, -0.05) is 6.92 Å². The highest BCUT2D eigenvalue weighted by atomic mass is 16.6. The zero-order valence-corrected chi connectivity index (χ0v) is 13.6. The minimum Gasteiger partial charge on any atom is -0.444 e. The van der Waals surface area contributed by atoms with Crippen molar-refractivity contribution < 1.29 is 19.1 Å². The molecule has 0 aromatic carbocycles. The average Bonchev–Trinajstić information content (AvgIpc) is 2.75. The number of likely N-dealkylation sites (tertiary alicyclic amines) is 1. The summed E-state index contributed by atoms with van der Waals surface area (Å²) in [5.74, 6) is -0.960. The number of hydrogen-bond acceptors (Lipinski definition) is 5. The Bertz CT molecular complexity index is 447. The second kappa shape index (κ2) is 6.95. The van der Waals surface area contributed by atoms with Gasteiger partial charge in [-0.05, 0) is 33.6 Å². The molecule has 0 aromatic rings. The van der Waals surface area contributed by atoms with E-state index in [2.05, 4.69) is 5.32 Å². The first kappa shape index (κ1) is 18.2. The van der Waals surface area contributed by atoms with Crippen LogP contribution in [-0.2, 0) is 14.3 Å². The first-order chi connectivity index (χ1) is 10.0. The SMILES string of the molecule is CC[C@H](NC(=O)OC(C)(C)C)C(=O)N1C[C@H](N)C[C@H]1C(N)=O. The molecule has 1 rings (SSSR count). The van der Waals surface area contributed by atoms with Crippen molar-refractivity contribution in [1.82, 2.24) is 10.2 Å². The molecule has 1 aliphatic rings. The summed E-state index contributed by atoms with van der Waals surface area (Å²) in [6.45, 7) is 7.21. The number of carbonyl (C=O) groups is 3. The predicted molar refractivity (Wildman–Crippen MR) is 80.7 cm³/mol. The van der Waals surface area contributed by atoms with Gasteiger partial charge in [0, 0.05) is 12.6 Å². The molecule has 5 N–H and O–H groups in total. The molecule has 22 heavy (non-hydrogen) atoms. The monoisotopic (exact) mass is 314 g/mol. The van der Waals surface area contributed by atoms with Crippen molar-refractivity contribution in [2.45, 2.75) is 64.3 Å². The molecule has 0 unspecified atom stereocenters. The van der Waals surface area contributed by atoms with E-state index in [4.69, 9.17) is 16.2 Å². The summed E-state index contributed by atoms with van der Waals surface area (Å²) in [6, 6.07) is -1.79. The molecule has 3 amide bonds. The molecular weight excluding hydrogens is 288 g/mol. The molecule has 0 saturated carbocycles. The number of hydrogen-bond donors (Lipinski definition) is 3. The second-order valence-electron chi connectivity index (χ2n) is 6.51. The standard InChI is InChI=1S/C14H26N4O4/c1-5-9(17-13(21)22-14(2,3)4)12(20)18-7-8(15)6-10(18)11(16)19/h8-10H,5-7,15H2,1-4H3,(H2,16,19)(H,17,21)/t8-,9+,10+/m1/s1. The van der Waals surface area contributed by atoms with Crippen LogP contribution in [0.5, 0.6) is 0 Å².